The smallest absolute Gasteiger partial charge is 0.330 e. The van der Waals surface area contributed by atoms with Crippen LogP contribution in [0.1, 0.15) is 13.8 Å². The molecule has 0 atom stereocenters. The van der Waals surface area contributed by atoms with Gasteiger partial charge in [0.2, 0.25) is 0 Å². The van der Waals surface area contributed by atoms with Crippen molar-refractivity contribution in [2.45, 2.75) is 23.6 Å². The first-order valence-electron chi connectivity index (χ1n) is 7.57. The number of aromatic hydroxyl groups is 2. The average molecular weight is 390 g/mol. The number of carboxylic acids is 2. The number of aliphatic carboxylic acids is 2. The molecule has 0 aromatic heterocycles. The predicted octanol–water partition coefficient (Wildman–Crippen LogP) is 4.54. The molecule has 6 nitrogen and oxygen atoms in total. The second-order valence-electron chi connectivity index (χ2n) is 5.21. The number of hydrogen-bond donors (Lipinski definition) is 4. The van der Waals surface area contributed by atoms with Crippen molar-refractivity contribution in [2.75, 3.05) is 0 Å². The van der Waals surface area contributed by atoms with Crippen molar-refractivity contribution in [1.29, 1.82) is 0 Å². The fraction of sp³-hybridized carbons (Fsp3) is 0.100. The van der Waals surface area contributed by atoms with E-state index in [0.717, 1.165) is 9.79 Å². The van der Waals surface area contributed by atoms with Crippen molar-refractivity contribution >= 4 is 23.7 Å². The van der Waals surface area contributed by atoms with Gasteiger partial charge in [0.25, 0.3) is 0 Å². The molecule has 0 amide bonds. The number of hydrogen-bond acceptors (Lipinski definition) is 5. The highest BCUT2D eigenvalue weighted by Gasteiger charge is 2.05. The second kappa shape index (κ2) is 12.2. The van der Waals surface area contributed by atoms with Gasteiger partial charge in [0.05, 0.1) is 9.79 Å². The Morgan fingerprint density at radius 3 is 1.22 bits per heavy atom. The summed E-state index contributed by atoms with van der Waals surface area (Å²) in [4.78, 5) is 20.7. The first kappa shape index (κ1) is 23.8. The van der Waals surface area contributed by atoms with Gasteiger partial charge < -0.3 is 20.4 Å². The lowest BCUT2D eigenvalue weighted by atomic mass is 10.3. The topological polar surface area (TPSA) is 115 Å². The summed E-state index contributed by atoms with van der Waals surface area (Å²) in [5.41, 5.74) is 0.352. The molecule has 4 N–H and O–H groups in total. The van der Waals surface area contributed by atoms with Gasteiger partial charge in [-0.2, -0.15) is 0 Å². The molecule has 0 aliphatic rings. The summed E-state index contributed by atoms with van der Waals surface area (Å²) in [5, 5.41) is 34.9. The highest BCUT2D eigenvalue weighted by atomic mass is 32.2. The van der Waals surface area contributed by atoms with Crippen LogP contribution in [-0.4, -0.2) is 32.4 Å². The molecule has 0 saturated heterocycles. The Morgan fingerprint density at radius 2 is 1.00 bits per heavy atom. The van der Waals surface area contributed by atoms with Gasteiger partial charge in [0.15, 0.2) is 0 Å². The van der Waals surface area contributed by atoms with Crippen LogP contribution in [0.3, 0.4) is 0 Å². The van der Waals surface area contributed by atoms with E-state index >= 15 is 0 Å². The van der Waals surface area contributed by atoms with Gasteiger partial charge in [-0.3, -0.25) is 0 Å². The largest absolute Gasteiger partial charge is 0.507 e. The number of benzene rings is 2. The molecule has 2 rings (SSSR count). The van der Waals surface area contributed by atoms with Gasteiger partial charge in [-0.1, -0.05) is 49.2 Å². The highest BCUT2D eigenvalue weighted by molar-refractivity contribution is 7.99. The van der Waals surface area contributed by atoms with Crippen LogP contribution < -0.4 is 0 Å². The minimum absolute atomic E-state index is 0.176. The zero-order chi connectivity index (χ0) is 21.0. The van der Waals surface area contributed by atoms with Crippen LogP contribution in [0.15, 0.2) is 82.6 Å². The van der Waals surface area contributed by atoms with Crippen molar-refractivity contribution in [3.8, 4) is 11.5 Å². The predicted molar refractivity (Wildman–Crippen MR) is 105 cm³/mol. The first-order chi connectivity index (χ1) is 12.6. The maximum absolute atomic E-state index is 9.60. The van der Waals surface area contributed by atoms with E-state index in [-0.39, 0.29) is 22.6 Å². The molecular formula is C20H22O6S. The van der Waals surface area contributed by atoms with Gasteiger partial charge in [-0.25, -0.2) is 9.59 Å². The summed E-state index contributed by atoms with van der Waals surface area (Å²) in [6, 6.07) is 14.1. The van der Waals surface area contributed by atoms with E-state index in [4.69, 9.17) is 10.2 Å². The number of rotatable bonds is 4. The van der Waals surface area contributed by atoms with Gasteiger partial charge in [0.1, 0.15) is 11.5 Å². The summed E-state index contributed by atoms with van der Waals surface area (Å²) >= 11 is 1.34. The van der Waals surface area contributed by atoms with Gasteiger partial charge in [0, 0.05) is 11.1 Å². The van der Waals surface area contributed by atoms with Crippen LogP contribution in [0.2, 0.25) is 0 Å². The highest BCUT2D eigenvalue weighted by Crippen LogP contribution is 2.37. The van der Waals surface area contributed by atoms with Crippen LogP contribution in [0.4, 0.5) is 0 Å². The maximum atomic E-state index is 9.60. The molecule has 0 unspecified atom stereocenters. The van der Waals surface area contributed by atoms with Crippen molar-refractivity contribution < 1.29 is 30.0 Å². The Balaban J connectivity index is 0.000000470. The number of para-hydroxylation sites is 2. The van der Waals surface area contributed by atoms with E-state index < -0.39 is 11.9 Å². The van der Waals surface area contributed by atoms with E-state index in [0.29, 0.717) is 0 Å². The van der Waals surface area contributed by atoms with Crippen LogP contribution in [-0.2, 0) is 9.59 Å². The molecule has 0 aliphatic heterocycles. The van der Waals surface area contributed by atoms with Crippen molar-refractivity contribution in [3.05, 3.63) is 72.8 Å². The Bertz CT molecular complexity index is 722. The normalized spacial score (nSPS) is 8.96. The SMILES string of the molecule is C=C(C)C(=O)O.C=C(C)C(=O)O.Oc1ccccc1Sc1ccccc1O. The number of phenols is 2. The summed E-state index contributed by atoms with van der Waals surface area (Å²) in [5.74, 6) is -1.42. The Morgan fingerprint density at radius 1 is 0.741 bits per heavy atom. The minimum Gasteiger partial charge on any atom is -0.507 e. The third kappa shape index (κ3) is 10.4. The molecule has 2 aromatic carbocycles. The summed E-state index contributed by atoms with van der Waals surface area (Å²) < 4.78 is 0. The first-order valence-corrected chi connectivity index (χ1v) is 8.39. The van der Waals surface area contributed by atoms with E-state index in [2.05, 4.69) is 13.2 Å². The molecule has 0 aliphatic carbocycles. The van der Waals surface area contributed by atoms with Crippen LogP contribution in [0.25, 0.3) is 0 Å². The summed E-state index contributed by atoms with van der Waals surface area (Å²) in [6.07, 6.45) is 0. The fourth-order valence-corrected chi connectivity index (χ4v) is 2.08. The third-order valence-corrected chi connectivity index (χ3v) is 3.81. The second-order valence-corrected chi connectivity index (χ2v) is 6.29. The van der Waals surface area contributed by atoms with Crippen molar-refractivity contribution in [1.82, 2.24) is 0 Å². The molecule has 0 spiro atoms. The monoisotopic (exact) mass is 390 g/mol. The third-order valence-electron chi connectivity index (χ3n) is 2.68. The summed E-state index contributed by atoms with van der Waals surface area (Å²) in [6.45, 7) is 9.20. The number of phenolic OH excluding ortho intramolecular Hbond substituents is 2. The van der Waals surface area contributed by atoms with Crippen molar-refractivity contribution in [2.24, 2.45) is 0 Å². The number of carboxylic acid groups (broad SMARTS) is 2. The Labute approximate surface area is 162 Å². The van der Waals surface area contributed by atoms with Crippen LogP contribution >= 0.6 is 11.8 Å². The molecule has 27 heavy (non-hydrogen) atoms. The zero-order valence-electron chi connectivity index (χ0n) is 15.0. The van der Waals surface area contributed by atoms with E-state index in [1.165, 1.54) is 25.6 Å². The van der Waals surface area contributed by atoms with E-state index in [1.54, 1.807) is 24.3 Å². The van der Waals surface area contributed by atoms with Crippen LogP contribution in [0, 0.1) is 0 Å². The van der Waals surface area contributed by atoms with Crippen molar-refractivity contribution in [3.63, 3.8) is 0 Å². The Kier molecular flexibility index (Phi) is 10.8. The maximum Gasteiger partial charge on any atom is 0.330 e. The fourth-order valence-electron chi connectivity index (χ4n) is 1.21. The molecule has 7 heteroatoms. The van der Waals surface area contributed by atoms with Gasteiger partial charge in [-0.05, 0) is 38.1 Å². The zero-order valence-corrected chi connectivity index (χ0v) is 15.9. The summed E-state index contributed by atoms with van der Waals surface area (Å²) in [7, 11) is 0. The standard InChI is InChI=1S/C12H10O2S.2C4H6O2/c13-9-5-1-3-7-11(9)15-12-8-4-2-6-10(12)14;2*1-3(2)4(5)6/h1-8,13-14H;2*1H2,2H3,(H,5,6). The molecule has 0 bridgehead atoms. The van der Waals surface area contributed by atoms with E-state index in [9.17, 15) is 19.8 Å². The lowest BCUT2D eigenvalue weighted by molar-refractivity contribution is -0.133. The molecule has 2 aromatic rings. The minimum atomic E-state index is -0.935. The molecule has 0 radical (unpaired) electrons. The molecule has 0 saturated carbocycles. The lowest BCUT2D eigenvalue weighted by Crippen LogP contribution is -1.92. The molecule has 144 valence electrons. The molecule has 0 heterocycles. The van der Waals surface area contributed by atoms with Crippen LogP contribution in [0.5, 0.6) is 11.5 Å². The number of carbonyl (C=O) groups is 2. The Hall–Kier alpha value is -3.19. The van der Waals surface area contributed by atoms with Gasteiger partial charge in [-0.15, -0.1) is 0 Å². The molecule has 0 fully saturated rings. The van der Waals surface area contributed by atoms with E-state index in [1.807, 2.05) is 24.3 Å². The molecular weight excluding hydrogens is 368 g/mol. The average Bonchev–Trinajstić information content (AvgIpc) is 2.59. The van der Waals surface area contributed by atoms with Gasteiger partial charge >= 0.3 is 11.9 Å². The quantitative estimate of drug-likeness (QED) is 0.566. The lowest BCUT2D eigenvalue weighted by Gasteiger charge is -2.05.